The zero-order valence-electron chi connectivity index (χ0n) is 29.9. The number of imidazole rings is 1. The van der Waals surface area contributed by atoms with E-state index < -0.39 is 12.1 Å². The van der Waals surface area contributed by atoms with E-state index in [1.807, 2.05) is 76.5 Å². The number of fused-ring (bicyclic) bond motifs is 2. The van der Waals surface area contributed by atoms with E-state index in [1.165, 1.54) is 11.1 Å². The molecule has 272 valence electrons. The minimum absolute atomic E-state index is 0.125. The first-order chi connectivity index (χ1) is 26.0. The summed E-state index contributed by atoms with van der Waals surface area (Å²) < 4.78 is 8.19. The Bertz CT molecular complexity index is 2030. The number of benzene rings is 3. The molecule has 5 aromatic rings. The van der Waals surface area contributed by atoms with Crippen molar-refractivity contribution in [3.8, 4) is 0 Å². The molecule has 10 heteroatoms. The highest BCUT2D eigenvalue weighted by molar-refractivity contribution is 6.30. The molecule has 2 aliphatic carbocycles. The van der Waals surface area contributed by atoms with Crippen LogP contribution in [0.3, 0.4) is 0 Å². The third-order valence-corrected chi connectivity index (χ3v) is 11.2. The average molecular weight is 729 g/mol. The average Bonchev–Trinajstić information content (AvgIpc) is 3.65. The minimum atomic E-state index is -0.799. The van der Waals surface area contributed by atoms with Crippen LogP contribution in [0.25, 0.3) is 0 Å². The van der Waals surface area contributed by atoms with Crippen molar-refractivity contribution in [2.75, 3.05) is 24.5 Å². The first-order valence-corrected chi connectivity index (χ1v) is 19.2. The van der Waals surface area contributed by atoms with Crippen LogP contribution in [0.15, 0.2) is 110 Å². The number of amides is 2. The van der Waals surface area contributed by atoms with E-state index in [-0.39, 0.29) is 18.1 Å². The summed E-state index contributed by atoms with van der Waals surface area (Å²) in [6.07, 6.45) is 13.5. The molecule has 0 N–H and O–H groups in total. The number of aryl methyl sites for hydroxylation is 2. The fourth-order valence-corrected chi connectivity index (χ4v) is 8.46. The molecule has 0 bridgehead atoms. The maximum atomic E-state index is 15.4. The normalized spacial score (nSPS) is 19.2. The molecule has 8 rings (SSSR count). The summed E-state index contributed by atoms with van der Waals surface area (Å²) in [5.74, 6) is -0.148. The summed E-state index contributed by atoms with van der Waals surface area (Å²) in [5.41, 5.74) is 7.32. The van der Waals surface area contributed by atoms with E-state index in [2.05, 4.69) is 40.2 Å². The lowest BCUT2D eigenvalue weighted by Gasteiger charge is -2.45. The Morgan fingerprint density at radius 3 is 2.51 bits per heavy atom. The molecule has 3 heterocycles. The van der Waals surface area contributed by atoms with Crippen LogP contribution in [0.2, 0.25) is 5.02 Å². The number of halogens is 1. The van der Waals surface area contributed by atoms with Gasteiger partial charge in [-0.05, 0) is 96.7 Å². The number of anilines is 1. The quantitative estimate of drug-likeness (QED) is 0.162. The lowest BCUT2D eigenvalue weighted by molar-refractivity contribution is -0.126. The summed E-state index contributed by atoms with van der Waals surface area (Å²) in [7, 11) is 0. The van der Waals surface area contributed by atoms with E-state index in [1.54, 1.807) is 17.4 Å². The number of hydrogen-bond donors (Lipinski definition) is 0. The monoisotopic (exact) mass is 728 g/mol. The highest BCUT2D eigenvalue weighted by Crippen LogP contribution is 2.38. The Hall–Kier alpha value is -4.99. The fourth-order valence-electron chi connectivity index (χ4n) is 8.27. The summed E-state index contributed by atoms with van der Waals surface area (Å²) in [6.45, 7) is 2.21. The standard InChI is InChI=1S/C43H45ClN6O3/c44-35-18-19-38-34(26-35)17-16-33-12-8-20-46-40(33)41(38)48-23-24-49(43(52)53-37-14-5-2-6-15-37)39(29-48)42(51)50(28-31-9-3-1-4-10-31)36-13-7-11-32(25-36)27-47-22-21-45-30-47/h1,3-4,7-13,18-22,25-26,30,37,39,41H,2,5-6,14-17,23-24,27-29H2/t39-,41+/m1/s1. The number of pyridine rings is 1. The van der Waals surface area contributed by atoms with Gasteiger partial charge in [-0.1, -0.05) is 72.6 Å². The fraction of sp³-hybridized carbons (Fsp3) is 0.349. The number of nitrogens with zero attached hydrogens (tertiary/aromatic N) is 6. The third kappa shape index (κ3) is 7.87. The Kier molecular flexibility index (Phi) is 10.5. The van der Waals surface area contributed by atoms with Crippen LogP contribution >= 0.6 is 11.6 Å². The van der Waals surface area contributed by atoms with Crippen LogP contribution in [0.1, 0.15) is 71.7 Å². The van der Waals surface area contributed by atoms with Crippen LogP contribution in [-0.4, -0.2) is 68.1 Å². The third-order valence-electron chi connectivity index (χ3n) is 11.0. The van der Waals surface area contributed by atoms with E-state index in [4.69, 9.17) is 21.3 Å². The van der Waals surface area contributed by atoms with Crippen molar-refractivity contribution in [3.05, 3.63) is 148 Å². The van der Waals surface area contributed by atoms with Crippen molar-refractivity contribution >= 4 is 29.3 Å². The highest BCUT2D eigenvalue weighted by atomic mass is 35.5. The van der Waals surface area contributed by atoms with E-state index >= 15 is 4.79 Å². The molecule has 53 heavy (non-hydrogen) atoms. The second-order valence-electron chi connectivity index (χ2n) is 14.5. The van der Waals surface area contributed by atoms with Crippen molar-refractivity contribution in [1.82, 2.24) is 24.3 Å². The second-order valence-corrected chi connectivity index (χ2v) is 14.9. The molecule has 0 radical (unpaired) electrons. The van der Waals surface area contributed by atoms with E-state index in [0.717, 1.165) is 73.0 Å². The van der Waals surface area contributed by atoms with Crippen molar-refractivity contribution < 1.29 is 14.3 Å². The second kappa shape index (κ2) is 15.9. The van der Waals surface area contributed by atoms with Crippen LogP contribution in [-0.2, 0) is 35.5 Å². The van der Waals surface area contributed by atoms with Gasteiger partial charge in [-0.2, -0.15) is 0 Å². The number of piperazine rings is 1. The summed E-state index contributed by atoms with van der Waals surface area (Å²) in [5, 5.41) is 0.705. The van der Waals surface area contributed by atoms with Gasteiger partial charge in [0.25, 0.3) is 5.91 Å². The summed E-state index contributed by atoms with van der Waals surface area (Å²) >= 11 is 6.54. The molecule has 1 saturated heterocycles. The van der Waals surface area contributed by atoms with Crippen LogP contribution in [0.5, 0.6) is 0 Å². The van der Waals surface area contributed by atoms with Gasteiger partial charge >= 0.3 is 6.09 Å². The van der Waals surface area contributed by atoms with Gasteiger partial charge in [0, 0.05) is 55.5 Å². The zero-order chi connectivity index (χ0) is 36.1. The number of hydrogen-bond acceptors (Lipinski definition) is 6. The van der Waals surface area contributed by atoms with Crippen LogP contribution < -0.4 is 4.90 Å². The maximum absolute atomic E-state index is 15.4. The van der Waals surface area contributed by atoms with Crippen LogP contribution in [0, 0.1) is 0 Å². The topological polar surface area (TPSA) is 83.8 Å². The van der Waals surface area contributed by atoms with Gasteiger partial charge in [0.1, 0.15) is 12.1 Å². The van der Waals surface area contributed by atoms with Gasteiger partial charge in [-0.15, -0.1) is 0 Å². The molecular weight excluding hydrogens is 684 g/mol. The molecule has 0 spiro atoms. The molecule has 0 unspecified atom stereocenters. The lowest BCUT2D eigenvalue weighted by atomic mass is 9.95. The Balaban J connectivity index is 1.18. The highest BCUT2D eigenvalue weighted by Gasteiger charge is 2.43. The first-order valence-electron chi connectivity index (χ1n) is 18.8. The van der Waals surface area contributed by atoms with Crippen molar-refractivity contribution in [2.24, 2.45) is 0 Å². The number of carbonyl (C=O) groups excluding carboxylic acids is 2. The lowest BCUT2D eigenvalue weighted by Crippen LogP contribution is -2.62. The smallest absolute Gasteiger partial charge is 0.410 e. The SMILES string of the molecule is O=C([C@H]1CN([C@H]2c3ccc(Cl)cc3CCc3cccnc32)CCN1C(=O)OC1CCCCC1)N(Cc1ccccc1)c1cccc(Cn2ccnc2)c1. The molecule has 9 nitrogen and oxygen atoms in total. The van der Waals surface area contributed by atoms with Gasteiger partial charge in [0.2, 0.25) is 0 Å². The molecule has 3 aromatic carbocycles. The van der Waals surface area contributed by atoms with Crippen molar-refractivity contribution in [3.63, 3.8) is 0 Å². The van der Waals surface area contributed by atoms with Crippen molar-refractivity contribution in [2.45, 2.75) is 76.2 Å². The minimum Gasteiger partial charge on any atom is -0.446 e. The van der Waals surface area contributed by atoms with Crippen molar-refractivity contribution in [1.29, 1.82) is 0 Å². The number of aromatic nitrogens is 3. The summed E-state index contributed by atoms with van der Waals surface area (Å²) in [4.78, 5) is 44.6. The molecule has 3 aliphatic rings. The van der Waals surface area contributed by atoms with E-state index in [0.29, 0.717) is 37.7 Å². The molecule has 1 aliphatic heterocycles. The van der Waals surface area contributed by atoms with Gasteiger partial charge in [-0.3, -0.25) is 19.6 Å². The molecular formula is C43H45ClN6O3. The largest absolute Gasteiger partial charge is 0.446 e. The molecule has 2 amide bonds. The number of carbonyl (C=O) groups is 2. The molecule has 2 aromatic heterocycles. The molecule has 2 fully saturated rings. The van der Waals surface area contributed by atoms with Gasteiger partial charge in [0.15, 0.2) is 0 Å². The summed E-state index contributed by atoms with van der Waals surface area (Å²) in [6, 6.07) is 27.4. The van der Waals surface area contributed by atoms with Gasteiger partial charge < -0.3 is 14.2 Å². The van der Waals surface area contributed by atoms with Crippen LogP contribution in [0.4, 0.5) is 10.5 Å². The predicted octanol–water partition coefficient (Wildman–Crippen LogP) is 7.86. The zero-order valence-corrected chi connectivity index (χ0v) is 30.7. The Labute approximate surface area is 316 Å². The Morgan fingerprint density at radius 2 is 1.68 bits per heavy atom. The first kappa shape index (κ1) is 35.1. The molecule has 2 atom stereocenters. The van der Waals surface area contributed by atoms with Gasteiger partial charge in [0.05, 0.1) is 24.6 Å². The Morgan fingerprint density at radius 1 is 0.849 bits per heavy atom. The molecule has 1 saturated carbocycles. The van der Waals surface area contributed by atoms with E-state index in [9.17, 15) is 4.79 Å². The number of ether oxygens (including phenoxy) is 1. The predicted molar refractivity (Wildman–Crippen MR) is 206 cm³/mol. The van der Waals surface area contributed by atoms with Gasteiger partial charge in [-0.25, -0.2) is 9.78 Å². The number of rotatable bonds is 8. The maximum Gasteiger partial charge on any atom is 0.410 e.